The quantitative estimate of drug-likeness (QED) is 0.721. The summed E-state index contributed by atoms with van der Waals surface area (Å²) in [6.45, 7) is 5.37. The Morgan fingerprint density at radius 3 is 2.59 bits per heavy atom. The summed E-state index contributed by atoms with van der Waals surface area (Å²) in [5, 5.41) is 5.55. The lowest BCUT2D eigenvalue weighted by molar-refractivity contribution is -0.120. The van der Waals surface area contributed by atoms with Gasteiger partial charge in [-0.3, -0.25) is 9.59 Å². The summed E-state index contributed by atoms with van der Waals surface area (Å²) < 4.78 is 0. The van der Waals surface area contributed by atoms with E-state index in [1.54, 1.807) is 6.92 Å². The first kappa shape index (κ1) is 13.4. The Balaban J connectivity index is 2.50. The second-order valence-electron chi connectivity index (χ2n) is 3.87. The first-order chi connectivity index (χ1) is 7.90. The highest BCUT2D eigenvalue weighted by atomic mass is 32.1. The Labute approximate surface area is 104 Å². The van der Waals surface area contributed by atoms with Crippen molar-refractivity contribution in [2.24, 2.45) is 0 Å². The molecule has 0 saturated carbocycles. The summed E-state index contributed by atoms with van der Waals surface area (Å²) in [5.41, 5.74) is 6.07. The van der Waals surface area contributed by atoms with Crippen molar-refractivity contribution >= 4 is 28.3 Å². The number of hydrogen-bond acceptors (Lipinski definition) is 5. The van der Waals surface area contributed by atoms with Crippen LogP contribution in [0.4, 0.5) is 5.13 Å². The van der Waals surface area contributed by atoms with Crippen LogP contribution < -0.4 is 16.4 Å². The zero-order chi connectivity index (χ0) is 13.0. The van der Waals surface area contributed by atoms with E-state index in [4.69, 9.17) is 5.73 Å². The van der Waals surface area contributed by atoms with Gasteiger partial charge in [-0.25, -0.2) is 4.98 Å². The molecule has 1 aromatic rings. The molecule has 0 aliphatic carbocycles. The van der Waals surface area contributed by atoms with Gasteiger partial charge in [0.1, 0.15) is 4.88 Å². The van der Waals surface area contributed by atoms with Gasteiger partial charge in [0, 0.05) is 6.04 Å². The predicted octanol–water partition coefficient (Wildman–Crippen LogP) is 0.288. The number of anilines is 1. The molecule has 6 nitrogen and oxygen atoms in total. The molecule has 0 aliphatic heterocycles. The van der Waals surface area contributed by atoms with Gasteiger partial charge in [0.2, 0.25) is 5.91 Å². The fraction of sp³-hybridized carbons (Fsp3) is 0.500. The minimum Gasteiger partial charge on any atom is -0.375 e. The molecule has 0 unspecified atom stereocenters. The third-order valence-corrected chi connectivity index (χ3v) is 2.86. The highest BCUT2D eigenvalue weighted by molar-refractivity contribution is 7.17. The Morgan fingerprint density at radius 1 is 1.47 bits per heavy atom. The fourth-order valence-corrected chi connectivity index (χ4v) is 1.99. The lowest BCUT2D eigenvalue weighted by Gasteiger charge is -2.08. The molecule has 7 heteroatoms. The molecule has 0 bridgehead atoms. The van der Waals surface area contributed by atoms with Crippen LogP contribution in [-0.2, 0) is 4.79 Å². The van der Waals surface area contributed by atoms with Crippen LogP contribution >= 0.6 is 11.3 Å². The summed E-state index contributed by atoms with van der Waals surface area (Å²) in [6, 6.07) is 0.0557. The number of nitrogens with zero attached hydrogens (tertiary/aromatic N) is 1. The van der Waals surface area contributed by atoms with Crippen LogP contribution in [-0.4, -0.2) is 29.4 Å². The van der Waals surface area contributed by atoms with Gasteiger partial charge in [0.25, 0.3) is 5.91 Å². The standard InChI is InChI=1S/C10H16N4O2S/c1-5(2)13-7(15)4-12-9(16)8-6(3)14-10(11)17-8/h5H,4H2,1-3H3,(H2,11,14)(H,12,16)(H,13,15). The van der Waals surface area contributed by atoms with E-state index in [0.717, 1.165) is 11.3 Å². The summed E-state index contributed by atoms with van der Waals surface area (Å²) in [5.74, 6) is -0.543. The molecule has 94 valence electrons. The molecule has 0 aromatic carbocycles. The van der Waals surface area contributed by atoms with E-state index in [2.05, 4.69) is 15.6 Å². The number of amides is 2. The van der Waals surface area contributed by atoms with Crippen molar-refractivity contribution in [3.63, 3.8) is 0 Å². The number of aryl methyl sites for hydroxylation is 1. The van der Waals surface area contributed by atoms with E-state index in [1.807, 2.05) is 13.8 Å². The highest BCUT2D eigenvalue weighted by Crippen LogP contribution is 2.18. The number of carbonyl (C=O) groups excluding carboxylic acids is 2. The van der Waals surface area contributed by atoms with Crippen LogP contribution in [0.15, 0.2) is 0 Å². The molecular formula is C10H16N4O2S. The van der Waals surface area contributed by atoms with Gasteiger partial charge in [0.05, 0.1) is 12.2 Å². The topological polar surface area (TPSA) is 97.1 Å². The van der Waals surface area contributed by atoms with E-state index >= 15 is 0 Å². The van der Waals surface area contributed by atoms with Crippen molar-refractivity contribution in [3.05, 3.63) is 10.6 Å². The smallest absolute Gasteiger partial charge is 0.263 e. The molecule has 1 aromatic heterocycles. The third-order valence-electron chi connectivity index (χ3n) is 1.88. The van der Waals surface area contributed by atoms with Crippen molar-refractivity contribution in [3.8, 4) is 0 Å². The first-order valence-corrected chi connectivity index (χ1v) is 6.02. The van der Waals surface area contributed by atoms with Gasteiger partial charge in [-0.2, -0.15) is 0 Å². The maximum absolute atomic E-state index is 11.7. The number of nitrogens with two attached hydrogens (primary N) is 1. The summed E-state index contributed by atoms with van der Waals surface area (Å²) in [6.07, 6.45) is 0. The lowest BCUT2D eigenvalue weighted by atomic mass is 10.3. The molecule has 4 N–H and O–H groups in total. The molecule has 0 atom stereocenters. The van der Waals surface area contributed by atoms with Crippen LogP contribution in [0.1, 0.15) is 29.2 Å². The first-order valence-electron chi connectivity index (χ1n) is 5.20. The summed E-state index contributed by atoms with van der Waals surface area (Å²) in [4.78, 5) is 27.4. The molecule has 1 rings (SSSR count). The van der Waals surface area contributed by atoms with Crippen LogP contribution in [0.25, 0.3) is 0 Å². The highest BCUT2D eigenvalue weighted by Gasteiger charge is 2.14. The van der Waals surface area contributed by atoms with E-state index in [9.17, 15) is 9.59 Å². The zero-order valence-electron chi connectivity index (χ0n) is 10.0. The van der Waals surface area contributed by atoms with Crippen molar-refractivity contribution in [1.29, 1.82) is 0 Å². The summed E-state index contributed by atoms with van der Waals surface area (Å²) in [7, 11) is 0. The Kier molecular flexibility index (Phi) is 4.45. The monoisotopic (exact) mass is 256 g/mol. The molecule has 0 spiro atoms. The van der Waals surface area contributed by atoms with Crippen LogP contribution in [0.5, 0.6) is 0 Å². The Morgan fingerprint density at radius 2 is 2.12 bits per heavy atom. The van der Waals surface area contributed by atoms with Gasteiger partial charge in [-0.15, -0.1) is 0 Å². The van der Waals surface area contributed by atoms with Crippen LogP contribution in [0.3, 0.4) is 0 Å². The second-order valence-corrected chi connectivity index (χ2v) is 4.90. The number of hydrogen-bond donors (Lipinski definition) is 3. The minimum absolute atomic E-state index is 0.0474. The number of nitrogen functional groups attached to an aromatic ring is 1. The van der Waals surface area contributed by atoms with E-state index in [0.29, 0.717) is 15.7 Å². The maximum Gasteiger partial charge on any atom is 0.263 e. The predicted molar refractivity (Wildman–Crippen MR) is 66.9 cm³/mol. The van der Waals surface area contributed by atoms with Gasteiger partial charge < -0.3 is 16.4 Å². The van der Waals surface area contributed by atoms with Gasteiger partial charge in [-0.05, 0) is 20.8 Å². The van der Waals surface area contributed by atoms with Gasteiger partial charge >= 0.3 is 0 Å². The molecule has 17 heavy (non-hydrogen) atoms. The number of aromatic nitrogens is 1. The average Bonchev–Trinajstić information content (AvgIpc) is 2.53. The van der Waals surface area contributed by atoms with Crippen LogP contribution in [0, 0.1) is 6.92 Å². The van der Waals surface area contributed by atoms with E-state index in [1.165, 1.54) is 0 Å². The molecule has 2 amide bonds. The van der Waals surface area contributed by atoms with E-state index in [-0.39, 0.29) is 24.4 Å². The Hall–Kier alpha value is -1.63. The number of rotatable bonds is 4. The lowest BCUT2D eigenvalue weighted by Crippen LogP contribution is -2.39. The van der Waals surface area contributed by atoms with Gasteiger partial charge in [0.15, 0.2) is 5.13 Å². The van der Waals surface area contributed by atoms with Crippen molar-refractivity contribution in [2.75, 3.05) is 12.3 Å². The molecule has 0 fully saturated rings. The molecule has 0 aliphatic rings. The third kappa shape index (κ3) is 4.03. The van der Waals surface area contributed by atoms with Crippen LogP contribution in [0.2, 0.25) is 0 Å². The van der Waals surface area contributed by atoms with E-state index < -0.39 is 0 Å². The minimum atomic E-state index is -0.324. The van der Waals surface area contributed by atoms with Crippen molar-refractivity contribution in [2.45, 2.75) is 26.8 Å². The zero-order valence-corrected chi connectivity index (χ0v) is 10.9. The second kappa shape index (κ2) is 5.62. The molecule has 0 radical (unpaired) electrons. The number of thiazole rings is 1. The Bertz CT molecular complexity index is 428. The molecule has 0 saturated heterocycles. The SMILES string of the molecule is Cc1nc(N)sc1C(=O)NCC(=O)NC(C)C. The normalized spacial score (nSPS) is 10.4. The largest absolute Gasteiger partial charge is 0.375 e. The number of carbonyl (C=O) groups is 2. The van der Waals surface area contributed by atoms with Gasteiger partial charge in [-0.1, -0.05) is 11.3 Å². The maximum atomic E-state index is 11.7. The fourth-order valence-electron chi connectivity index (χ4n) is 1.24. The van der Waals surface area contributed by atoms with Crippen molar-refractivity contribution < 1.29 is 9.59 Å². The molecular weight excluding hydrogens is 240 g/mol. The molecule has 1 heterocycles. The van der Waals surface area contributed by atoms with Crippen molar-refractivity contribution in [1.82, 2.24) is 15.6 Å². The number of nitrogens with one attached hydrogen (secondary N) is 2. The average molecular weight is 256 g/mol. The summed E-state index contributed by atoms with van der Waals surface area (Å²) >= 11 is 1.11.